The number of carbonyl (C=O) groups is 1. The monoisotopic (exact) mass is 390 g/mol. The molecule has 0 N–H and O–H groups in total. The van der Waals surface area contributed by atoms with Crippen LogP contribution in [0.25, 0.3) is 0 Å². The summed E-state index contributed by atoms with van der Waals surface area (Å²) in [5.41, 5.74) is 2.43. The lowest BCUT2D eigenvalue weighted by atomic mass is 9.62. The van der Waals surface area contributed by atoms with Crippen LogP contribution in [-0.4, -0.2) is 42.5 Å². The maximum atomic E-state index is 13.3. The second kappa shape index (κ2) is 7.49. The van der Waals surface area contributed by atoms with Crippen molar-refractivity contribution < 1.29 is 9.53 Å². The summed E-state index contributed by atoms with van der Waals surface area (Å²) in [4.78, 5) is 18.0. The van der Waals surface area contributed by atoms with Gasteiger partial charge in [-0.2, -0.15) is 0 Å². The van der Waals surface area contributed by atoms with Gasteiger partial charge in [-0.05, 0) is 68.0 Å². The Bertz CT molecular complexity index is 852. The molecular formula is C25H30N2O2. The number of rotatable bonds is 6. The van der Waals surface area contributed by atoms with Crippen molar-refractivity contribution in [2.24, 2.45) is 11.3 Å². The molecule has 4 heteroatoms. The van der Waals surface area contributed by atoms with Crippen molar-refractivity contribution in [1.29, 1.82) is 0 Å². The minimum atomic E-state index is -0.188. The largest absolute Gasteiger partial charge is 0.497 e. The maximum absolute atomic E-state index is 13.3. The van der Waals surface area contributed by atoms with E-state index in [1.54, 1.807) is 7.11 Å². The summed E-state index contributed by atoms with van der Waals surface area (Å²) in [6.07, 6.45) is 4.49. The van der Waals surface area contributed by atoms with E-state index in [9.17, 15) is 4.79 Å². The molecule has 2 saturated heterocycles. The Hall–Kier alpha value is -2.33. The number of piperidine rings is 1. The fourth-order valence-corrected chi connectivity index (χ4v) is 5.24. The van der Waals surface area contributed by atoms with Crippen LogP contribution in [0.15, 0.2) is 54.6 Å². The molecule has 152 valence electrons. The fourth-order valence-electron chi connectivity index (χ4n) is 5.24. The molecule has 1 atom stereocenters. The van der Waals surface area contributed by atoms with Crippen molar-refractivity contribution in [3.05, 3.63) is 65.7 Å². The Kier molecular flexibility index (Phi) is 4.83. The molecule has 1 unspecified atom stereocenters. The van der Waals surface area contributed by atoms with Crippen LogP contribution in [0.4, 0.5) is 0 Å². The Morgan fingerprint density at radius 2 is 1.69 bits per heavy atom. The highest BCUT2D eigenvalue weighted by atomic mass is 16.5. The van der Waals surface area contributed by atoms with Crippen LogP contribution in [0.3, 0.4) is 0 Å². The highest BCUT2D eigenvalue weighted by Gasteiger charge is 2.61. The number of β-lactam (4-membered cyclic amide) rings is 1. The minimum absolute atomic E-state index is 0.188. The van der Waals surface area contributed by atoms with Crippen LogP contribution in [0.5, 0.6) is 5.75 Å². The van der Waals surface area contributed by atoms with E-state index in [0.717, 1.165) is 50.7 Å². The molecule has 0 aromatic heterocycles. The summed E-state index contributed by atoms with van der Waals surface area (Å²) in [6.45, 7) is 3.86. The van der Waals surface area contributed by atoms with E-state index in [1.165, 1.54) is 24.0 Å². The van der Waals surface area contributed by atoms with Crippen LogP contribution < -0.4 is 4.74 Å². The summed E-state index contributed by atoms with van der Waals surface area (Å²) in [5.74, 6) is 2.04. The third kappa shape index (κ3) is 3.44. The summed E-state index contributed by atoms with van der Waals surface area (Å²) >= 11 is 0. The third-order valence-electron chi connectivity index (χ3n) is 7.10. The van der Waals surface area contributed by atoms with Gasteiger partial charge in [0, 0.05) is 13.1 Å². The molecule has 1 saturated carbocycles. The Labute approximate surface area is 173 Å². The summed E-state index contributed by atoms with van der Waals surface area (Å²) in [6, 6.07) is 19.3. The van der Waals surface area contributed by atoms with Crippen molar-refractivity contribution >= 4 is 5.91 Å². The lowest BCUT2D eigenvalue weighted by Gasteiger charge is -2.59. The molecule has 2 heterocycles. The van der Waals surface area contributed by atoms with E-state index in [1.807, 2.05) is 12.1 Å². The predicted octanol–water partition coefficient (Wildman–Crippen LogP) is 4.27. The Morgan fingerprint density at radius 3 is 2.31 bits per heavy atom. The van der Waals surface area contributed by atoms with Gasteiger partial charge in [-0.3, -0.25) is 9.69 Å². The van der Waals surface area contributed by atoms with Gasteiger partial charge in [0.15, 0.2) is 0 Å². The molecule has 1 aliphatic carbocycles. The van der Waals surface area contributed by atoms with Gasteiger partial charge < -0.3 is 9.64 Å². The van der Waals surface area contributed by atoms with E-state index in [-0.39, 0.29) is 11.5 Å². The standard InChI is InChI=1S/C25H30N2O2/c1-29-22-11-9-19(10-12-22)17-26-15-13-25(14-16-26)23(21-5-3-2-4-6-21)27(24(25)28)18-20-7-8-20/h2-6,9-12,20,23H,7-8,13-18H2,1H3. The third-order valence-corrected chi connectivity index (χ3v) is 7.10. The molecule has 3 fully saturated rings. The normalized spacial score (nSPS) is 23.8. The number of hydrogen-bond donors (Lipinski definition) is 0. The number of benzene rings is 2. The van der Waals surface area contributed by atoms with Crippen molar-refractivity contribution in [2.75, 3.05) is 26.7 Å². The highest BCUT2D eigenvalue weighted by Crippen LogP contribution is 2.57. The summed E-state index contributed by atoms with van der Waals surface area (Å²) < 4.78 is 5.26. The molecule has 1 spiro atoms. The van der Waals surface area contributed by atoms with Crippen molar-refractivity contribution in [3.8, 4) is 5.75 Å². The molecule has 2 aromatic carbocycles. The van der Waals surface area contributed by atoms with Gasteiger partial charge in [-0.15, -0.1) is 0 Å². The molecule has 29 heavy (non-hydrogen) atoms. The van der Waals surface area contributed by atoms with Crippen molar-refractivity contribution in [1.82, 2.24) is 9.80 Å². The topological polar surface area (TPSA) is 32.8 Å². The van der Waals surface area contributed by atoms with Crippen LogP contribution in [0, 0.1) is 11.3 Å². The van der Waals surface area contributed by atoms with E-state index in [0.29, 0.717) is 5.91 Å². The molecular weight excluding hydrogens is 360 g/mol. The lowest BCUT2D eigenvalue weighted by molar-refractivity contribution is -0.181. The number of hydrogen-bond acceptors (Lipinski definition) is 3. The van der Waals surface area contributed by atoms with E-state index in [2.05, 4.69) is 52.3 Å². The Balaban J connectivity index is 1.29. The van der Waals surface area contributed by atoms with E-state index < -0.39 is 0 Å². The fraction of sp³-hybridized carbons (Fsp3) is 0.480. The molecule has 2 aromatic rings. The van der Waals surface area contributed by atoms with Gasteiger partial charge in [0.1, 0.15) is 5.75 Å². The molecule has 1 amide bonds. The predicted molar refractivity (Wildman–Crippen MR) is 114 cm³/mol. The van der Waals surface area contributed by atoms with E-state index >= 15 is 0 Å². The molecule has 4 nitrogen and oxygen atoms in total. The van der Waals surface area contributed by atoms with Gasteiger partial charge in [-0.25, -0.2) is 0 Å². The van der Waals surface area contributed by atoms with Crippen molar-refractivity contribution in [2.45, 2.75) is 38.3 Å². The van der Waals surface area contributed by atoms with Crippen molar-refractivity contribution in [3.63, 3.8) is 0 Å². The van der Waals surface area contributed by atoms with Crippen LogP contribution in [0.2, 0.25) is 0 Å². The SMILES string of the molecule is COc1ccc(CN2CCC3(CC2)C(=O)N(CC2CC2)C3c2ccccc2)cc1. The molecule has 2 aliphatic heterocycles. The second-order valence-corrected chi connectivity index (χ2v) is 8.99. The zero-order valence-electron chi connectivity index (χ0n) is 17.2. The highest BCUT2D eigenvalue weighted by molar-refractivity contribution is 5.91. The lowest BCUT2D eigenvalue weighted by Crippen LogP contribution is -2.66. The second-order valence-electron chi connectivity index (χ2n) is 8.99. The smallest absolute Gasteiger partial charge is 0.231 e. The molecule has 3 aliphatic rings. The number of nitrogens with zero attached hydrogens (tertiary/aromatic N) is 2. The zero-order chi connectivity index (χ0) is 19.8. The average Bonchev–Trinajstić information content (AvgIpc) is 3.60. The summed E-state index contributed by atoms with van der Waals surface area (Å²) in [5, 5.41) is 0. The quantitative estimate of drug-likeness (QED) is 0.691. The Morgan fingerprint density at radius 1 is 1.00 bits per heavy atom. The number of amides is 1. The minimum Gasteiger partial charge on any atom is -0.497 e. The van der Waals surface area contributed by atoms with Gasteiger partial charge in [0.05, 0.1) is 18.6 Å². The van der Waals surface area contributed by atoms with Gasteiger partial charge >= 0.3 is 0 Å². The number of likely N-dealkylation sites (tertiary alicyclic amines) is 2. The van der Waals surface area contributed by atoms with Crippen LogP contribution in [-0.2, 0) is 11.3 Å². The van der Waals surface area contributed by atoms with Crippen LogP contribution in [0.1, 0.15) is 42.9 Å². The summed E-state index contributed by atoms with van der Waals surface area (Å²) in [7, 11) is 1.70. The number of carbonyl (C=O) groups excluding carboxylic acids is 1. The van der Waals surface area contributed by atoms with Gasteiger partial charge in [0.2, 0.25) is 5.91 Å². The number of methoxy groups -OCH3 is 1. The first-order chi connectivity index (χ1) is 14.2. The first-order valence-electron chi connectivity index (χ1n) is 10.9. The van der Waals surface area contributed by atoms with E-state index in [4.69, 9.17) is 4.74 Å². The maximum Gasteiger partial charge on any atom is 0.231 e. The first-order valence-corrected chi connectivity index (χ1v) is 10.9. The first kappa shape index (κ1) is 18.7. The molecule has 0 radical (unpaired) electrons. The molecule has 0 bridgehead atoms. The average molecular weight is 391 g/mol. The van der Waals surface area contributed by atoms with Gasteiger partial charge in [-0.1, -0.05) is 42.5 Å². The zero-order valence-corrected chi connectivity index (χ0v) is 17.2. The van der Waals surface area contributed by atoms with Gasteiger partial charge in [0.25, 0.3) is 0 Å². The van der Waals surface area contributed by atoms with Crippen LogP contribution >= 0.6 is 0 Å². The molecule has 5 rings (SSSR count). The number of ether oxygens (including phenoxy) is 1.